The zero-order chi connectivity index (χ0) is 23.8. The summed E-state index contributed by atoms with van der Waals surface area (Å²) in [5, 5.41) is 5.57. The van der Waals surface area contributed by atoms with Crippen molar-refractivity contribution in [2.24, 2.45) is 0 Å². The Bertz CT molecular complexity index is 1210. The first-order valence-electron chi connectivity index (χ1n) is 10.6. The molecule has 3 aromatic rings. The molecule has 8 heteroatoms. The number of sulfonamides is 1. The average Bonchev–Trinajstić information content (AvgIpc) is 2.81. The molecule has 0 atom stereocenters. The van der Waals surface area contributed by atoms with Crippen LogP contribution in [0.25, 0.3) is 0 Å². The van der Waals surface area contributed by atoms with Crippen molar-refractivity contribution >= 4 is 33.2 Å². The van der Waals surface area contributed by atoms with Gasteiger partial charge in [-0.1, -0.05) is 49.4 Å². The van der Waals surface area contributed by atoms with Crippen LogP contribution in [0, 0.1) is 0 Å². The van der Waals surface area contributed by atoms with E-state index in [1.54, 1.807) is 48.5 Å². The SMILES string of the molecule is CCCNC(=O)c1ccccc1NC(=O)c1ccc(N(Cc2ccccc2)S(C)(=O)=O)cc1. The van der Waals surface area contributed by atoms with Gasteiger partial charge < -0.3 is 10.6 Å². The van der Waals surface area contributed by atoms with Crippen LogP contribution >= 0.6 is 0 Å². The molecule has 7 nitrogen and oxygen atoms in total. The minimum absolute atomic E-state index is 0.186. The predicted molar refractivity (Wildman–Crippen MR) is 131 cm³/mol. The highest BCUT2D eigenvalue weighted by molar-refractivity contribution is 7.92. The molecule has 0 bridgehead atoms. The lowest BCUT2D eigenvalue weighted by molar-refractivity contribution is 0.0954. The van der Waals surface area contributed by atoms with Crippen molar-refractivity contribution in [3.8, 4) is 0 Å². The number of benzene rings is 3. The van der Waals surface area contributed by atoms with Gasteiger partial charge in [-0.05, 0) is 48.4 Å². The maximum absolute atomic E-state index is 12.8. The fourth-order valence-corrected chi connectivity index (χ4v) is 4.13. The zero-order valence-corrected chi connectivity index (χ0v) is 19.4. The molecule has 0 aliphatic carbocycles. The van der Waals surface area contributed by atoms with Gasteiger partial charge in [0.25, 0.3) is 11.8 Å². The molecule has 172 valence electrons. The number of carbonyl (C=O) groups excluding carboxylic acids is 2. The standard InChI is InChI=1S/C25H27N3O4S/c1-3-17-26-25(30)22-11-7-8-12-23(22)27-24(29)20-13-15-21(16-14-20)28(33(2,31)32)18-19-9-5-4-6-10-19/h4-16H,3,17-18H2,1-2H3,(H,26,30)(H,27,29). The molecule has 33 heavy (non-hydrogen) atoms. The number of hydrogen-bond donors (Lipinski definition) is 2. The number of hydrogen-bond acceptors (Lipinski definition) is 4. The van der Waals surface area contributed by atoms with Gasteiger partial charge in [-0.2, -0.15) is 0 Å². The zero-order valence-electron chi connectivity index (χ0n) is 18.6. The Labute approximate surface area is 194 Å². The second kappa shape index (κ2) is 10.8. The fraction of sp³-hybridized carbons (Fsp3) is 0.200. The van der Waals surface area contributed by atoms with Crippen molar-refractivity contribution < 1.29 is 18.0 Å². The molecule has 0 saturated carbocycles. The normalized spacial score (nSPS) is 11.0. The van der Waals surface area contributed by atoms with E-state index in [2.05, 4.69) is 10.6 Å². The Hall–Kier alpha value is -3.65. The van der Waals surface area contributed by atoms with Gasteiger partial charge in [-0.3, -0.25) is 13.9 Å². The first-order valence-corrected chi connectivity index (χ1v) is 12.4. The number of carbonyl (C=O) groups is 2. The van der Waals surface area contributed by atoms with Gasteiger partial charge in [-0.15, -0.1) is 0 Å². The molecule has 0 aliphatic heterocycles. The molecule has 0 unspecified atom stereocenters. The number of para-hydroxylation sites is 1. The summed E-state index contributed by atoms with van der Waals surface area (Å²) < 4.78 is 26.1. The van der Waals surface area contributed by atoms with E-state index in [9.17, 15) is 18.0 Å². The van der Waals surface area contributed by atoms with Gasteiger partial charge in [0.15, 0.2) is 0 Å². The van der Waals surface area contributed by atoms with E-state index in [4.69, 9.17) is 0 Å². The van der Waals surface area contributed by atoms with Crippen molar-refractivity contribution in [2.75, 3.05) is 22.4 Å². The maximum atomic E-state index is 12.8. The fourth-order valence-electron chi connectivity index (χ4n) is 3.25. The second-order valence-electron chi connectivity index (χ2n) is 7.56. The molecule has 2 amide bonds. The third kappa shape index (κ3) is 6.43. The summed E-state index contributed by atoms with van der Waals surface area (Å²) in [5.74, 6) is -0.654. The van der Waals surface area contributed by atoms with Crippen LogP contribution < -0.4 is 14.9 Å². The van der Waals surface area contributed by atoms with Crippen molar-refractivity contribution in [1.29, 1.82) is 0 Å². The van der Waals surface area contributed by atoms with Crippen LogP contribution in [0.1, 0.15) is 39.6 Å². The summed E-state index contributed by atoms with van der Waals surface area (Å²) in [6, 6.07) is 22.4. The Kier molecular flexibility index (Phi) is 7.84. The molecule has 0 aromatic heterocycles. The molecular weight excluding hydrogens is 438 g/mol. The van der Waals surface area contributed by atoms with Gasteiger partial charge in [0.1, 0.15) is 0 Å². The first kappa shape index (κ1) is 24.0. The summed E-state index contributed by atoms with van der Waals surface area (Å²) >= 11 is 0. The minimum Gasteiger partial charge on any atom is -0.352 e. The molecule has 0 aliphatic rings. The smallest absolute Gasteiger partial charge is 0.255 e. The quantitative estimate of drug-likeness (QED) is 0.498. The van der Waals surface area contributed by atoms with Gasteiger partial charge >= 0.3 is 0 Å². The summed E-state index contributed by atoms with van der Waals surface area (Å²) in [7, 11) is -3.53. The second-order valence-corrected chi connectivity index (χ2v) is 9.46. The molecule has 3 aromatic carbocycles. The van der Waals surface area contributed by atoms with E-state index in [0.717, 1.165) is 18.2 Å². The first-order chi connectivity index (χ1) is 15.8. The Balaban J connectivity index is 1.78. The Morgan fingerprint density at radius 2 is 1.48 bits per heavy atom. The highest BCUT2D eigenvalue weighted by Gasteiger charge is 2.19. The number of nitrogens with zero attached hydrogens (tertiary/aromatic N) is 1. The third-order valence-corrected chi connectivity index (χ3v) is 6.08. The lowest BCUT2D eigenvalue weighted by atomic mass is 10.1. The number of anilines is 2. The van der Waals surface area contributed by atoms with E-state index >= 15 is 0 Å². The highest BCUT2D eigenvalue weighted by atomic mass is 32.2. The van der Waals surface area contributed by atoms with Gasteiger partial charge in [0, 0.05) is 12.1 Å². The molecule has 3 rings (SSSR count). The monoisotopic (exact) mass is 465 g/mol. The highest BCUT2D eigenvalue weighted by Crippen LogP contribution is 2.22. The van der Waals surface area contributed by atoms with E-state index in [1.807, 2.05) is 37.3 Å². The number of nitrogens with one attached hydrogen (secondary N) is 2. The summed E-state index contributed by atoms with van der Waals surface area (Å²) in [5.41, 5.74) is 2.43. The van der Waals surface area contributed by atoms with Crippen LogP contribution in [0.4, 0.5) is 11.4 Å². The minimum atomic E-state index is -3.53. The lowest BCUT2D eigenvalue weighted by Crippen LogP contribution is -2.29. The summed E-state index contributed by atoms with van der Waals surface area (Å²) in [4.78, 5) is 25.2. The van der Waals surface area contributed by atoms with Crippen molar-refractivity contribution in [3.05, 3.63) is 95.6 Å². The molecule has 0 saturated heterocycles. The molecule has 0 heterocycles. The largest absolute Gasteiger partial charge is 0.352 e. The molecule has 0 radical (unpaired) electrons. The number of rotatable bonds is 9. The van der Waals surface area contributed by atoms with E-state index < -0.39 is 15.9 Å². The summed E-state index contributed by atoms with van der Waals surface area (Å²) in [6.07, 6.45) is 1.96. The topological polar surface area (TPSA) is 95.6 Å². The van der Waals surface area contributed by atoms with Gasteiger partial charge in [0.05, 0.1) is 29.7 Å². The van der Waals surface area contributed by atoms with Gasteiger partial charge in [-0.25, -0.2) is 8.42 Å². The van der Waals surface area contributed by atoms with Crippen LogP contribution in [0.5, 0.6) is 0 Å². The van der Waals surface area contributed by atoms with Crippen LogP contribution in [-0.4, -0.2) is 33.0 Å². The van der Waals surface area contributed by atoms with Crippen LogP contribution in [0.2, 0.25) is 0 Å². The van der Waals surface area contributed by atoms with Crippen molar-refractivity contribution in [2.45, 2.75) is 19.9 Å². The third-order valence-electron chi connectivity index (χ3n) is 4.94. The maximum Gasteiger partial charge on any atom is 0.255 e. The Morgan fingerprint density at radius 3 is 2.12 bits per heavy atom. The molecule has 0 spiro atoms. The molecular formula is C25H27N3O4S. The van der Waals surface area contributed by atoms with E-state index in [0.29, 0.717) is 29.0 Å². The van der Waals surface area contributed by atoms with Crippen molar-refractivity contribution in [1.82, 2.24) is 5.32 Å². The predicted octanol–water partition coefficient (Wildman–Crippen LogP) is 4.04. The van der Waals surface area contributed by atoms with Crippen LogP contribution in [0.15, 0.2) is 78.9 Å². The van der Waals surface area contributed by atoms with Gasteiger partial charge in [0.2, 0.25) is 10.0 Å². The van der Waals surface area contributed by atoms with E-state index in [-0.39, 0.29) is 12.5 Å². The molecule has 2 N–H and O–H groups in total. The van der Waals surface area contributed by atoms with Crippen molar-refractivity contribution in [3.63, 3.8) is 0 Å². The number of amides is 2. The van der Waals surface area contributed by atoms with Crippen LogP contribution in [0.3, 0.4) is 0 Å². The molecule has 0 fully saturated rings. The van der Waals surface area contributed by atoms with E-state index in [1.165, 1.54) is 4.31 Å². The summed E-state index contributed by atoms with van der Waals surface area (Å²) in [6.45, 7) is 2.69. The average molecular weight is 466 g/mol. The van der Waals surface area contributed by atoms with Crippen LogP contribution in [-0.2, 0) is 16.6 Å². The lowest BCUT2D eigenvalue weighted by Gasteiger charge is -2.22. The Morgan fingerprint density at radius 1 is 0.848 bits per heavy atom.